The van der Waals surface area contributed by atoms with E-state index in [1.807, 2.05) is 19.0 Å². The van der Waals surface area contributed by atoms with E-state index in [4.69, 9.17) is 21.1 Å². The first kappa shape index (κ1) is 20.8. The number of rotatable bonds is 6. The molecule has 1 N–H and O–H groups in total. The molecule has 1 aliphatic heterocycles. The summed E-state index contributed by atoms with van der Waals surface area (Å²) in [5.41, 5.74) is 1.92. The Morgan fingerprint density at radius 1 is 1.21 bits per heavy atom. The average molecular weight is 418 g/mol. The topological polar surface area (TPSA) is 71.1 Å². The maximum absolute atomic E-state index is 12.9. The van der Waals surface area contributed by atoms with Crippen LogP contribution in [-0.2, 0) is 9.59 Å². The smallest absolute Gasteiger partial charge is 0.229 e. The monoisotopic (exact) mass is 417 g/mol. The van der Waals surface area contributed by atoms with E-state index >= 15 is 0 Å². The van der Waals surface area contributed by atoms with Gasteiger partial charge < -0.3 is 24.6 Å². The van der Waals surface area contributed by atoms with Crippen LogP contribution < -0.4 is 24.6 Å². The molecule has 1 saturated heterocycles. The van der Waals surface area contributed by atoms with Crippen molar-refractivity contribution in [1.29, 1.82) is 0 Å². The van der Waals surface area contributed by atoms with Crippen molar-refractivity contribution in [3.63, 3.8) is 0 Å². The molecule has 0 spiro atoms. The van der Waals surface area contributed by atoms with Crippen LogP contribution >= 0.6 is 11.6 Å². The van der Waals surface area contributed by atoms with Gasteiger partial charge in [-0.15, -0.1) is 0 Å². The highest BCUT2D eigenvalue weighted by Gasteiger charge is 2.36. The molecule has 8 heteroatoms. The zero-order valence-corrected chi connectivity index (χ0v) is 17.6. The van der Waals surface area contributed by atoms with Crippen LogP contribution in [0.25, 0.3) is 0 Å². The number of ether oxygens (including phenoxy) is 2. The van der Waals surface area contributed by atoms with Crippen LogP contribution in [-0.4, -0.2) is 46.7 Å². The van der Waals surface area contributed by atoms with Gasteiger partial charge in [0.25, 0.3) is 0 Å². The largest absolute Gasteiger partial charge is 0.497 e. The second kappa shape index (κ2) is 8.61. The second-order valence-corrected chi connectivity index (χ2v) is 7.37. The number of benzene rings is 2. The Bertz CT molecular complexity index is 932. The van der Waals surface area contributed by atoms with Crippen molar-refractivity contribution in [1.82, 2.24) is 0 Å². The van der Waals surface area contributed by atoms with Crippen molar-refractivity contribution >= 4 is 40.5 Å². The van der Waals surface area contributed by atoms with Gasteiger partial charge in [0.1, 0.15) is 11.5 Å². The zero-order chi connectivity index (χ0) is 21.1. The lowest BCUT2D eigenvalue weighted by molar-refractivity contribution is -0.122. The second-order valence-electron chi connectivity index (χ2n) is 6.96. The van der Waals surface area contributed by atoms with Crippen molar-refractivity contribution < 1.29 is 19.1 Å². The number of halogens is 1. The van der Waals surface area contributed by atoms with Crippen molar-refractivity contribution in [3.8, 4) is 11.5 Å². The predicted octanol–water partition coefficient (Wildman–Crippen LogP) is 3.41. The van der Waals surface area contributed by atoms with Crippen LogP contribution in [0.1, 0.15) is 6.42 Å². The Balaban J connectivity index is 1.81. The molecule has 2 amide bonds. The first-order chi connectivity index (χ1) is 13.8. The van der Waals surface area contributed by atoms with Gasteiger partial charge in [-0.2, -0.15) is 0 Å². The molecule has 154 valence electrons. The molecule has 0 radical (unpaired) electrons. The number of amides is 2. The van der Waals surface area contributed by atoms with E-state index in [0.29, 0.717) is 27.9 Å². The molecule has 0 saturated carbocycles. The van der Waals surface area contributed by atoms with E-state index in [2.05, 4.69) is 5.32 Å². The highest BCUT2D eigenvalue weighted by Crippen LogP contribution is 2.37. The van der Waals surface area contributed by atoms with Gasteiger partial charge in [0.2, 0.25) is 11.8 Å². The van der Waals surface area contributed by atoms with Gasteiger partial charge in [0.15, 0.2) is 0 Å². The SMILES string of the molecule is COc1ccc(OC)c(N2CC(C(=O)Nc3cccc(Cl)c3N(C)C)CC2=O)c1. The Morgan fingerprint density at radius 2 is 1.97 bits per heavy atom. The summed E-state index contributed by atoms with van der Waals surface area (Å²) in [5.74, 6) is 0.289. The molecule has 3 rings (SSSR count). The molecule has 29 heavy (non-hydrogen) atoms. The zero-order valence-electron chi connectivity index (χ0n) is 16.9. The maximum Gasteiger partial charge on any atom is 0.229 e. The molecule has 1 aliphatic rings. The summed E-state index contributed by atoms with van der Waals surface area (Å²) in [4.78, 5) is 29.0. The summed E-state index contributed by atoms with van der Waals surface area (Å²) < 4.78 is 10.6. The Hall–Kier alpha value is -2.93. The van der Waals surface area contributed by atoms with Gasteiger partial charge in [-0.05, 0) is 24.3 Å². The van der Waals surface area contributed by atoms with Gasteiger partial charge in [0, 0.05) is 33.1 Å². The van der Waals surface area contributed by atoms with E-state index in [1.54, 1.807) is 48.4 Å². The van der Waals surface area contributed by atoms with E-state index in [9.17, 15) is 9.59 Å². The molecule has 2 aromatic carbocycles. The number of hydrogen-bond donors (Lipinski definition) is 1. The van der Waals surface area contributed by atoms with Crippen LogP contribution in [0, 0.1) is 5.92 Å². The lowest BCUT2D eigenvalue weighted by Crippen LogP contribution is -2.29. The molecule has 1 unspecified atom stereocenters. The number of methoxy groups -OCH3 is 2. The quantitative estimate of drug-likeness (QED) is 0.779. The fraction of sp³-hybridized carbons (Fsp3) is 0.333. The Morgan fingerprint density at radius 3 is 2.62 bits per heavy atom. The minimum absolute atomic E-state index is 0.115. The van der Waals surface area contributed by atoms with E-state index < -0.39 is 5.92 Å². The van der Waals surface area contributed by atoms with Crippen LogP contribution in [0.5, 0.6) is 11.5 Å². The number of carbonyl (C=O) groups excluding carboxylic acids is 2. The van der Waals surface area contributed by atoms with Crippen molar-refractivity contribution in [3.05, 3.63) is 41.4 Å². The normalized spacial score (nSPS) is 16.0. The lowest BCUT2D eigenvalue weighted by Gasteiger charge is -2.21. The Labute approximate surface area is 175 Å². The highest BCUT2D eigenvalue weighted by atomic mass is 35.5. The first-order valence-corrected chi connectivity index (χ1v) is 9.52. The van der Waals surface area contributed by atoms with E-state index in [1.165, 1.54) is 7.11 Å². The minimum Gasteiger partial charge on any atom is -0.497 e. The number of hydrogen-bond acceptors (Lipinski definition) is 5. The van der Waals surface area contributed by atoms with Gasteiger partial charge in [-0.1, -0.05) is 17.7 Å². The third-order valence-corrected chi connectivity index (χ3v) is 5.17. The standard InChI is InChI=1S/C21H24ClN3O4/c1-24(2)20-15(22)6-5-7-16(20)23-21(27)13-10-19(26)25(12-13)17-11-14(28-3)8-9-18(17)29-4/h5-9,11,13H,10,12H2,1-4H3,(H,23,27). The molecule has 7 nitrogen and oxygen atoms in total. The first-order valence-electron chi connectivity index (χ1n) is 9.14. The molecule has 1 atom stereocenters. The molecule has 1 fully saturated rings. The van der Waals surface area contributed by atoms with Gasteiger partial charge in [-0.25, -0.2) is 0 Å². The molecule has 0 aromatic heterocycles. The van der Waals surface area contributed by atoms with Gasteiger partial charge >= 0.3 is 0 Å². The predicted molar refractivity (Wildman–Crippen MR) is 114 cm³/mol. The number of carbonyl (C=O) groups is 2. The van der Waals surface area contributed by atoms with Gasteiger partial charge in [0.05, 0.1) is 42.2 Å². The van der Waals surface area contributed by atoms with Crippen LogP contribution in [0.4, 0.5) is 17.1 Å². The number of nitrogens with one attached hydrogen (secondary N) is 1. The summed E-state index contributed by atoms with van der Waals surface area (Å²) >= 11 is 6.27. The van der Waals surface area contributed by atoms with Crippen LogP contribution in [0.15, 0.2) is 36.4 Å². The summed E-state index contributed by atoms with van der Waals surface area (Å²) in [6.45, 7) is 0.256. The molecular weight excluding hydrogens is 394 g/mol. The van der Waals surface area contributed by atoms with Gasteiger partial charge in [-0.3, -0.25) is 9.59 Å². The molecule has 1 heterocycles. The molecule has 2 aromatic rings. The third kappa shape index (κ3) is 4.24. The summed E-state index contributed by atoms with van der Waals surface area (Å²) in [5, 5.41) is 3.46. The summed E-state index contributed by atoms with van der Waals surface area (Å²) in [6, 6.07) is 10.6. The third-order valence-electron chi connectivity index (χ3n) is 4.86. The van der Waals surface area contributed by atoms with Crippen molar-refractivity contribution in [2.45, 2.75) is 6.42 Å². The number of nitrogens with zero attached hydrogens (tertiary/aromatic N) is 2. The van der Waals surface area contributed by atoms with Crippen molar-refractivity contribution in [2.75, 3.05) is 50.0 Å². The lowest BCUT2D eigenvalue weighted by atomic mass is 10.1. The van der Waals surface area contributed by atoms with Crippen molar-refractivity contribution in [2.24, 2.45) is 5.92 Å². The fourth-order valence-electron chi connectivity index (χ4n) is 3.43. The van der Waals surface area contributed by atoms with Crippen LogP contribution in [0.3, 0.4) is 0 Å². The number of para-hydroxylation sites is 1. The van der Waals surface area contributed by atoms with Crippen LogP contribution in [0.2, 0.25) is 5.02 Å². The summed E-state index contributed by atoms with van der Waals surface area (Å²) in [6.07, 6.45) is 0.115. The number of anilines is 3. The minimum atomic E-state index is -0.493. The molecular formula is C21H24ClN3O4. The fourth-order valence-corrected chi connectivity index (χ4v) is 3.77. The van der Waals surface area contributed by atoms with E-state index in [0.717, 1.165) is 5.69 Å². The Kier molecular flexibility index (Phi) is 6.17. The highest BCUT2D eigenvalue weighted by molar-refractivity contribution is 6.34. The average Bonchev–Trinajstić information content (AvgIpc) is 3.08. The molecule has 0 bridgehead atoms. The summed E-state index contributed by atoms with van der Waals surface area (Å²) in [7, 11) is 6.80. The maximum atomic E-state index is 12.9. The van der Waals surface area contributed by atoms with E-state index in [-0.39, 0.29) is 24.8 Å². The molecule has 0 aliphatic carbocycles.